The van der Waals surface area contributed by atoms with Gasteiger partial charge in [0.1, 0.15) is 17.6 Å². The maximum Gasteiger partial charge on any atom is 0.144 e. The van der Waals surface area contributed by atoms with Crippen molar-refractivity contribution < 1.29 is 0 Å². The summed E-state index contributed by atoms with van der Waals surface area (Å²) < 4.78 is 0. The zero-order valence-corrected chi connectivity index (χ0v) is 9.81. The monoisotopic (exact) mass is 242 g/mol. The van der Waals surface area contributed by atoms with E-state index in [0.29, 0.717) is 17.3 Å². The van der Waals surface area contributed by atoms with Crippen molar-refractivity contribution in [2.24, 2.45) is 0 Å². The molecule has 0 saturated carbocycles. The van der Waals surface area contributed by atoms with E-state index in [1.165, 1.54) is 0 Å². The number of anilines is 1. The van der Waals surface area contributed by atoms with Gasteiger partial charge in [0.05, 0.1) is 0 Å². The summed E-state index contributed by atoms with van der Waals surface area (Å²) in [5, 5.41) is 8.90. The van der Waals surface area contributed by atoms with Crippen molar-refractivity contribution >= 4 is 17.6 Å². The Bertz CT molecular complexity index is 545. The minimum absolute atomic E-state index is 0.475. The molecule has 0 radical (unpaired) electrons. The molecular weight excluding hydrogens is 232 g/mol. The normalized spacial score (nSPS) is 9.82. The number of nitrogens with two attached hydrogens (primary N) is 1. The van der Waals surface area contributed by atoms with Gasteiger partial charge in [0.15, 0.2) is 0 Å². The van der Waals surface area contributed by atoms with Crippen molar-refractivity contribution in [3.63, 3.8) is 0 Å². The van der Waals surface area contributed by atoms with Gasteiger partial charge in [-0.3, -0.25) is 0 Å². The van der Waals surface area contributed by atoms with Crippen LogP contribution in [0.15, 0.2) is 41.6 Å². The fourth-order valence-corrected chi connectivity index (χ4v) is 2.14. The Kier molecular flexibility index (Phi) is 3.58. The lowest BCUT2D eigenvalue weighted by molar-refractivity contribution is 1.19. The summed E-state index contributed by atoms with van der Waals surface area (Å²) in [7, 11) is 0. The Balaban J connectivity index is 2.08. The number of hydrogen-bond donors (Lipinski definition) is 1. The number of nitriles is 1. The van der Waals surface area contributed by atoms with E-state index in [4.69, 9.17) is 11.0 Å². The molecule has 0 bridgehead atoms. The standard InChI is InChI=1S/C12H10N4S/c13-6-11-9(2-1-5-15-11)8-17-10-3-4-12(14)16-7-10/h1-5,7H,8H2,(H2,14,16). The largest absolute Gasteiger partial charge is 0.384 e. The molecule has 2 aromatic heterocycles. The molecule has 0 aliphatic carbocycles. The second-order valence-electron chi connectivity index (χ2n) is 3.33. The van der Waals surface area contributed by atoms with Gasteiger partial charge in [-0.25, -0.2) is 9.97 Å². The van der Waals surface area contributed by atoms with Gasteiger partial charge in [-0.05, 0) is 23.8 Å². The molecule has 0 unspecified atom stereocenters. The van der Waals surface area contributed by atoms with Crippen molar-refractivity contribution in [2.75, 3.05) is 5.73 Å². The summed E-state index contributed by atoms with van der Waals surface area (Å²) in [6, 6.07) is 9.49. The molecule has 0 saturated heterocycles. The van der Waals surface area contributed by atoms with E-state index in [-0.39, 0.29) is 0 Å². The van der Waals surface area contributed by atoms with Crippen molar-refractivity contribution in [2.45, 2.75) is 10.6 Å². The first-order valence-electron chi connectivity index (χ1n) is 4.98. The van der Waals surface area contributed by atoms with Gasteiger partial charge in [0.25, 0.3) is 0 Å². The summed E-state index contributed by atoms with van der Waals surface area (Å²) >= 11 is 1.60. The summed E-state index contributed by atoms with van der Waals surface area (Å²) in [6.45, 7) is 0. The van der Waals surface area contributed by atoms with Gasteiger partial charge in [-0.1, -0.05) is 6.07 Å². The van der Waals surface area contributed by atoms with Crippen LogP contribution in [-0.4, -0.2) is 9.97 Å². The average molecular weight is 242 g/mol. The van der Waals surface area contributed by atoms with Gasteiger partial charge >= 0.3 is 0 Å². The Morgan fingerprint density at radius 1 is 1.29 bits per heavy atom. The summed E-state index contributed by atoms with van der Waals surface area (Å²) in [4.78, 5) is 9.04. The van der Waals surface area contributed by atoms with E-state index >= 15 is 0 Å². The zero-order valence-electron chi connectivity index (χ0n) is 9.00. The van der Waals surface area contributed by atoms with Crippen molar-refractivity contribution in [3.8, 4) is 6.07 Å². The number of rotatable bonds is 3. The van der Waals surface area contributed by atoms with Gasteiger partial charge in [0.2, 0.25) is 0 Å². The van der Waals surface area contributed by atoms with Crippen LogP contribution in [0.3, 0.4) is 0 Å². The van der Waals surface area contributed by atoms with Crippen LogP contribution in [0.5, 0.6) is 0 Å². The van der Waals surface area contributed by atoms with Crippen LogP contribution >= 0.6 is 11.8 Å². The molecule has 0 spiro atoms. The van der Waals surface area contributed by atoms with E-state index in [2.05, 4.69) is 16.0 Å². The molecule has 2 rings (SSSR count). The number of aromatic nitrogens is 2. The molecule has 84 valence electrons. The first-order valence-corrected chi connectivity index (χ1v) is 5.96. The average Bonchev–Trinajstić information content (AvgIpc) is 2.38. The van der Waals surface area contributed by atoms with Crippen LogP contribution in [-0.2, 0) is 5.75 Å². The highest BCUT2D eigenvalue weighted by Gasteiger charge is 2.03. The molecule has 0 aliphatic rings. The lowest BCUT2D eigenvalue weighted by atomic mass is 10.2. The second kappa shape index (κ2) is 5.32. The molecule has 0 aliphatic heterocycles. The molecule has 0 atom stereocenters. The maximum atomic E-state index is 8.90. The number of thioether (sulfide) groups is 1. The highest BCUT2D eigenvalue weighted by molar-refractivity contribution is 7.98. The Morgan fingerprint density at radius 3 is 2.88 bits per heavy atom. The van der Waals surface area contributed by atoms with Crippen molar-refractivity contribution in [1.82, 2.24) is 9.97 Å². The minimum atomic E-state index is 0.475. The van der Waals surface area contributed by atoms with Gasteiger partial charge in [-0.2, -0.15) is 5.26 Å². The van der Waals surface area contributed by atoms with E-state index in [1.807, 2.05) is 18.2 Å². The Hall–Kier alpha value is -2.06. The van der Waals surface area contributed by atoms with Crippen LogP contribution in [0.1, 0.15) is 11.3 Å². The quantitative estimate of drug-likeness (QED) is 0.835. The number of hydrogen-bond acceptors (Lipinski definition) is 5. The van der Waals surface area contributed by atoms with E-state index in [0.717, 1.165) is 10.5 Å². The minimum Gasteiger partial charge on any atom is -0.384 e. The molecule has 5 heteroatoms. The van der Waals surface area contributed by atoms with Crippen LogP contribution in [0, 0.1) is 11.3 Å². The van der Waals surface area contributed by atoms with Gasteiger partial charge < -0.3 is 5.73 Å². The van der Waals surface area contributed by atoms with Gasteiger partial charge in [0, 0.05) is 23.0 Å². The Labute approximate surface area is 104 Å². The first kappa shape index (κ1) is 11.4. The predicted octanol–water partition coefficient (Wildman–Crippen LogP) is 2.22. The van der Waals surface area contributed by atoms with Crippen molar-refractivity contribution in [3.05, 3.63) is 47.9 Å². The van der Waals surface area contributed by atoms with Crippen molar-refractivity contribution in [1.29, 1.82) is 5.26 Å². The molecular formula is C12H10N4S. The van der Waals surface area contributed by atoms with E-state index in [1.54, 1.807) is 30.2 Å². The highest BCUT2D eigenvalue weighted by atomic mass is 32.2. The fraction of sp³-hybridized carbons (Fsp3) is 0.0833. The van der Waals surface area contributed by atoms with Crippen LogP contribution in [0.2, 0.25) is 0 Å². The topological polar surface area (TPSA) is 75.6 Å². The lowest BCUT2D eigenvalue weighted by Gasteiger charge is -2.03. The second-order valence-corrected chi connectivity index (χ2v) is 4.38. The fourth-order valence-electron chi connectivity index (χ4n) is 1.29. The van der Waals surface area contributed by atoms with E-state index < -0.39 is 0 Å². The third-order valence-electron chi connectivity index (χ3n) is 2.15. The number of nitrogen functional groups attached to an aromatic ring is 1. The molecule has 2 N–H and O–H groups in total. The molecule has 2 heterocycles. The first-order chi connectivity index (χ1) is 8.29. The number of pyridine rings is 2. The third kappa shape index (κ3) is 2.95. The third-order valence-corrected chi connectivity index (χ3v) is 3.18. The predicted molar refractivity (Wildman–Crippen MR) is 67.2 cm³/mol. The summed E-state index contributed by atoms with van der Waals surface area (Å²) in [6.07, 6.45) is 3.35. The zero-order chi connectivity index (χ0) is 12.1. The van der Waals surface area contributed by atoms with E-state index in [9.17, 15) is 0 Å². The highest BCUT2D eigenvalue weighted by Crippen LogP contribution is 2.23. The van der Waals surface area contributed by atoms with Crippen LogP contribution < -0.4 is 5.73 Å². The molecule has 0 fully saturated rings. The smallest absolute Gasteiger partial charge is 0.144 e. The molecule has 4 nitrogen and oxygen atoms in total. The van der Waals surface area contributed by atoms with Crippen LogP contribution in [0.4, 0.5) is 5.82 Å². The Morgan fingerprint density at radius 2 is 2.18 bits per heavy atom. The molecule has 17 heavy (non-hydrogen) atoms. The summed E-state index contributed by atoms with van der Waals surface area (Å²) in [5.74, 6) is 1.20. The SMILES string of the molecule is N#Cc1ncccc1CSc1ccc(N)nc1. The molecule has 2 aromatic rings. The maximum absolute atomic E-state index is 8.90. The lowest BCUT2D eigenvalue weighted by Crippen LogP contribution is -1.91. The van der Waals surface area contributed by atoms with Crippen LogP contribution in [0.25, 0.3) is 0 Å². The number of nitrogens with zero attached hydrogens (tertiary/aromatic N) is 3. The molecule has 0 amide bonds. The summed E-state index contributed by atoms with van der Waals surface area (Å²) in [5.41, 5.74) is 6.91. The molecule has 0 aromatic carbocycles. The van der Waals surface area contributed by atoms with Gasteiger partial charge in [-0.15, -0.1) is 11.8 Å².